The summed E-state index contributed by atoms with van der Waals surface area (Å²) >= 11 is 0. The molecule has 138 valence electrons. The van der Waals surface area contributed by atoms with E-state index < -0.39 is 17.9 Å². The SMILES string of the molecule is CCC/C=C/CCCCCCCC/C=C/CC(CC(=O)O)C(=O)O. The van der Waals surface area contributed by atoms with E-state index in [1.807, 2.05) is 12.2 Å². The van der Waals surface area contributed by atoms with E-state index in [9.17, 15) is 9.59 Å². The molecule has 0 aliphatic rings. The quantitative estimate of drug-likeness (QED) is 0.284. The molecule has 4 nitrogen and oxygen atoms in total. The molecule has 4 heteroatoms. The minimum Gasteiger partial charge on any atom is -0.481 e. The molecule has 0 aromatic carbocycles. The van der Waals surface area contributed by atoms with Crippen molar-refractivity contribution in [1.82, 2.24) is 0 Å². The summed E-state index contributed by atoms with van der Waals surface area (Å²) < 4.78 is 0. The van der Waals surface area contributed by atoms with Crippen LogP contribution in [0.1, 0.15) is 84.0 Å². The summed E-state index contributed by atoms with van der Waals surface area (Å²) in [5.74, 6) is -2.91. The first kappa shape index (κ1) is 22.4. The smallest absolute Gasteiger partial charge is 0.307 e. The van der Waals surface area contributed by atoms with Crippen molar-refractivity contribution in [2.45, 2.75) is 84.0 Å². The number of carboxylic acid groups (broad SMARTS) is 2. The lowest BCUT2D eigenvalue weighted by Gasteiger charge is -2.05. The fourth-order valence-corrected chi connectivity index (χ4v) is 2.49. The molecule has 0 radical (unpaired) electrons. The van der Waals surface area contributed by atoms with Gasteiger partial charge >= 0.3 is 11.9 Å². The van der Waals surface area contributed by atoms with Gasteiger partial charge in [-0.25, -0.2) is 0 Å². The van der Waals surface area contributed by atoms with Crippen molar-refractivity contribution >= 4 is 11.9 Å². The third-order valence-corrected chi connectivity index (χ3v) is 3.97. The molecule has 0 saturated carbocycles. The van der Waals surface area contributed by atoms with Crippen LogP contribution in [0.15, 0.2) is 24.3 Å². The molecule has 0 rings (SSSR count). The molecule has 0 bridgehead atoms. The average molecular weight is 338 g/mol. The van der Waals surface area contributed by atoms with Crippen LogP contribution in [0.2, 0.25) is 0 Å². The molecule has 0 saturated heterocycles. The lowest BCUT2D eigenvalue weighted by Crippen LogP contribution is -2.16. The van der Waals surface area contributed by atoms with Gasteiger partial charge in [0.15, 0.2) is 0 Å². The minimum absolute atomic E-state index is 0.299. The Labute approximate surface area is 146 Å². The van der Waals surface area contributed by atoms with E-state index >= 15 is 0 Å². The molecule has 0 amide bonds. The molecule has 0 aliphatic heterocycles. The van der Waals surface area contributed by atoms with E-state index in [-0.39, 0.29) is 6.42 Å². The Kier molecular flexibility index (Phi) is 15.2. The summed E-state index contributed by atoms with van der Waals surface area (Å²) in [6.07, 6.45) is 20.3. The van der Waals surface area contributed by atoms with Crippen LogP contribution in [-0.2, 0) is 9.59 Å². The first-order valence-electron chi connectivity index (χ1n) is 9.32. The van der Waals surface area contributed by atoms with Crippen LogP contribution in [0.4, 0.5) is 0 Å². The molecule has 1 atom stereocenters. The van der Waals surface area contributed by atoms with Crippen molar-refractivity contribution in [2.24, 2.45) is 5.92 Å². The van der Waals surface area contributed by atoms with E-state index in [0.29, 0.717) is 6.42 Å². The number of aliphatic carboxylic acids is 2. The maximum Gasteiger partial charge on any atom is 0.307 e. The summed E-state index contributed by atoms with van der Waals surface area (Å²) in [5, 5.41) is 17.6. The highest BCUT2D eigenvalue weighted by atomic mass is 16.4. The van der Waals surface area contributed by atoms with Crippen molar-refractivity contribution in [2.75, 3.05) is 0 Å². The monoisotopic (exact) mass is 338 g/mol. The predicted octanol–water partition coefficient (Wildman–Crippen LogP) is 5.59. The highest BCUT2D eigenvalue weighted by Crippen LogP contribution is 2.12. The molecule has 0 aliphatic carbocycles. The maximum absolute atomic E-state index is 10.9. The number of unbranched alkanes of at least 4 members (excludes halogenated alkanes) is 8. The minimum atomic E-state index is -1.06. The summed E-state index contributed by atoms with van der Waals surface area (Å²) in [7, 11) is 0. The van der Waals surface area contributed by atoms with Gasteiger partial charge in [-0.1, -0.05) is 63.3 Å². The van der Waals surface area contributed by atoms with Gasteiger partial charge in [-0.15, -0.1) is 0 Å². The first-order chi connectivity index (χ1) is 11.6. The largest absolute Gasteiger partial charge is 0.481 e. The second-order valence-electron chi connectivity index (χ2n) is 6.30. The zero-order chi connectivity index (χ0) is 18.0. The molecular weight excluding hydrogens is 304 g/mol. The van der Waals surface area contributed by atoms with Gasteiger partial charge in [0.25, 0.3) is 0 Å². The van der Waals surface area contributed by atoms with Gasteiger partial charge < -0.3 is 10.2 Å². The molecule has 0 spiro atoms. The van der Waals surface area contributed by atoms with E-state index in [4.69, 9.17) is 10.2 Å². The summed E-state index contributed by atoms with van der Waals surface area (Å²) in [6, 6.07) is 0. The normalized spacial score (nSPS) is 12.9. The van der Waals surface area contributed by atoms with Crippen LogP contribution < -0.4 is 0 Å². The number of rotatable bonds is 16. The number of carbonyl (C=O) groups is 2. The van der Waals surface area contributed by atoms with Crippen molar-refractivity contribution in [3.8, 4) is 0 Å². The van der Waals surface area contributed by atoms with E-state index in [2.05, 4.69) is 19.1 Å². The van der Waals surface area contributed by atoms with Gasteiger partial charge in [0.1, 0.15) is 0 Å². The Hall–Kier alpha value is -1.58. The lowest BCUT2D eigenvalue weighted by atomic mass is 10.0. The predicted molar refractivity (Wildman–Crippen MR) is 98.1 cm³/mol. The van der Waals surface area contributed by atoms with Gasteiger partial charge in [-0.05, 0) is 38.5 Å². The Morgan fingerprint density at radius 1 is 0.792 bits per heavy atom. The van der Waals surface area contributed by atoms with Gasteiger partial charge in [0.05, 0.1) is 12.3 Å². The van der Waals surface area contributed by atoms with Crippen LogP contribution in [0.25, 0.3) is 0 Å². The Bertz CT molecular complexity index is 385. The van der Waals surface area contributed by atoms with Crippen LogP contribution in [0.3, 0.4) is 0 Å². The molecule has 2 N–H and O–H groups in total. The average Bonchev–Trinajstić information content (AvgIpc) is 2.53. The zero-order valence-electron chi connectivity index (χ0n) is 15.1. The molecule has 0 fully saturated rings. The summed E-state index contributed by atoms with van der Waals surface area (Å²) in [6.45, 7) is 2.19. The van der Waals surface area contributed by atoms with Crippen LogP contribution >= 0.6 is 0 Å². The molecule has 1 unspecified atom stereocenters. The summed E-state index contributed by atoms with van der Waals surface area (Å²) in [5.41, 5.74) is 0. The third-order valence-electron chi connectivity index (χ3n) is 3.97. The number of hydrogen-bond donors (Lipinski definition) is 2. The van der Waals surface area contributed by atoms with Gasteiger partial charge in [0, 0.05) is 0 Å². The Balaban J connectivity index is 3.49. The molecular formula is C20H34O4. The molecule has 24 heavy (non-hydrogen) atoms. The second-order valence-corrected chi connectivity index (χ2v) is 6.30. The van der Waals surface area contributed by atoms with Crippen molar-refractivity contribution in [3.05, 3.63) is 24.3 Å². The molecule has 0 aromatic heterocycles. The standard InChI is InChI=1S/C20H34O4/c1-2-3-4-5-6-7-8-9-10-11-12-13-14-15-16-18(20(23)24)17-19(21)22/h4-5,14-15,18H,2-3,6-13,16-17H2,1H3,(H,21,22)(H,23,24)/b5-4+,15-14+. The zero-order valence-corrected chi connectivity index (χ0v) is 15.1. The van der Waals surface area contributed by atoms with Gasteiger partial charge in [0.2, 0.25) is 0 Å². The van der Waals surface area contributed by atoms with Crippen LogP contribution in [0, 0.1) is 5.92 Å². The van der Waals surface area contributed by atoms with Crippen molar-refractivity contribution < 1.29 is 19.8 Å². The fourth-order valence-electron chi connectivity index (χ4n) is 2.49. The first-order valence-corrected chi connectivity index (χ1v) is 9.32. The van der Waals surface area contributed by atoms with E-state index in [1.165, 1.54) is 51.4 Å². The van der Waals surface area contributed by atoms with E-state index in [0.717, 1.165) is 12.8 Å². The topological polar surface area (TPSA) is 74.6 Å². The van der Waals surface area contributed by atoms with Crippen molar-refractivity contribution in [1.29, 1.82) is 0 Å². The Morgan fingerprint density at radius 2 is 1.29 bits per heavy atom. The molecule has 0 heterocycles. The third kappa shape index (κ3) is 15.3. The fraction of sp³-hybridized carbons (Fsp3) is 0.700. The van der Waals surface area contributed by atoms with E-state index in [1.54, 1.807) is 0 Å². The Morgan fingerprint density at radius 3 is 1.79 bits per heavy atom. The van der Waals surface area contributed by atoms with Crippen LogP contribution in [-0.4, -0.2) is 22.2 Å². The molecule has 0 aromatic rings. The van der Waals surface area contributed by atoms with Gasteiger partial charge in [-0.3, -0.25) is 9.59 Å². The highest BCUT2D eigenvalue weighted by molar-refractivity contribution is 5.77. The maximum atomic E-state index is 10.9. The summed E-state index contributed by atoms with van der Waals surface area (Å²) in [4.78, 5) is 21.5. The van der Waals surface area contributed by atoms with Gasteiger partial charge in [-0.2, -0.15) is 0 Å². The van der Waals surface area contributed by atoms with Crippen LogP contribution in [0.5, 0.6) is 0 Å². The highest BCUT2D eigenvalue weighted by Gasteiger charge is 2.18. The lowest BCUT2D eigenvalue weighted by molar-refractivity contribution is -0.148. The van der Waals surface area contributed by atoms with Crippen molar-refractivity contribution in [3.63, 3.8) is 0 Å². The number of allylic oxidation sites excluding steroid dienone is 4. The second kappa shape index (κ2) is 16.3. The number of carboxylic acids is 2. The number of hydrogen-bond acceptors (Lipinski definition) is 2.